The van der Waals surface area contributed by atoms with Gasteiger partial charge in [0.05, 0.1) is 38.0 Å². The summed E-state index contributed by atoms with van der Waals surface area (Å²) in [4.78, 5) is 16.8. The second kappa shape index (κ2) is 9.65. The number of hydrogen-bond donors (Lipinski definition) is 1. The summed E-state index contributed by atoms with van der Waals surface area (Å²) < 4.78 is 9.15. The van der Waals surface area contributed by atoms with Gasteiger partial charge in [-0.05, 0) is 18.9 Å². The van der Waals surface area contributed by atoms with Crippen molar-refractivity contribution in [2.45, 2.75) is 31.3 Å². The summed E-state index contributed by atoms with van der Waals surface area (Å²) >= 11 is 0. The van der Waals surface area contributed by atoms with E-state index in [1.165, 1.54) is 6.20 Å². The fourth-order valence-electron chi connectivity index (χ4n) is 4.93. The molecular formula is C24H27N9O2. The smallest absolute Gasteiger partial charge is 0.320 e. The largest absolute Gasteiger partial charge is 0.494 e. The minimum absolute atomic E-state index is 0.0452. The van der Waals surface area contributed by atoms with Gasteiger partial charge < -0.3 is 19.9 Å². The molecule has 2 saturated heterocycles. The average Bonchev–Trinajstić information content (AvgIpc) is 3.56. The SMILES string of the molecule is COc1cc(-c2cnn(C3CCN(C(=O)N4CCN[C@@H](CC#N)C4)CC3)c2)cn2ncc(C#N)c12. The zero-order chi connectivity index (χ0) is 24.4. The van der Waals surface area contributed by atoms with Crippen molar-refractivity contribution in [3.8, 4) is 29.0 Å². The number of aromatic nitrogens is 4. The van der Waals surface area contributed by atoms with E-state index < -0.39 is 0 Å². The van der Waals surface area contributed by atoms with Gasteiger partial charge in [-0.1, -0.05) is 0 Å². The molecule has 11 nitrogen and oxygen atoms in total. The van der Waals surface area contributed by atoms with E-state index in [0.717, 1.165) is 30.5 Å². The van der Waals surface area contributed by atoms with Crippen LogP contribution in [0.3, 0.4) is 0 Å². The third-order valence-corrected chi connectivity index (χ3v) is 6.82. The molecule has 0 aliphatic carbocycles. The molecule has 1 N–H and O–H groups in total. The summed E-state index contributed by atoms with van der Waals surface area (Å²) in [5.41, 5.74) is 2.94. The van der Waals surface area contributed by atoms with Crippen LogP contribution in [0.4, 0.5) is 4.79 Å². The van der Waals surface area contributed by atoms with Crippen molar-refractivity contribution in [3.05, 3.63) is 36.4 Å². The first kappa shape index (κ1) is 22.7. The number of methoxy groups -OCH3 is 1. The highest BCUT2D eigenvalue weighted by Gasteiger charge is 2.30. The lowest BCUT2D eigenvalue weighted by atomic mass is 10.1. The van der Waals surface area contributed by atoms with Gasteiger partial charge in [-0.2, -0.15) is 20.7 Å². The van der Waals surface area contributed by atoms with Crippen molar-refractivity contribution in [3.63, 3.8) is 0 Å². The van der Waals surface area contributed by atoms with Crippen molar-refractivity contribution in [1.29, 1.82) is 10.5 Å². The second-order valence-electron chi connectivity index (χ2n) is 8.93. The molecule has 0 spiro atoms. The number of piperidine rings is 1. The van der Waals surface area contributed by atoms with E-state index >= 15 is 0 Å². The van der Waals surface area contributed by atoms with Crippen LogP contribution in [0, 0.1) is 22.7 Å². The maximum absolute atomic E-state index is 13.0. The van der Waals surface area contributed by atoms with Gasteiger partial charge in [0, 0.05) is 62.3 Å². The molecule has 1 atom stereocenters. The Morgan fingerprint density at radius 1 is 1.14 bits per heavy atom. The van der Waals surface area contributed by atoms with Crippen LogP contribution in [0.5, 0.6) is 5.75 Å². The van der Waals surface area contributed by atoms with Crippen molar-refractivity contribution in [2.24, 2.45) is 0 Å². The molecule has 11 heteroatoms. The molecule has 2 aliphatic rings. The topological polar surface area (TPSA) is 128 Å². The molecule has 5 heterocycles. The third-order valence-electron chi connectivity index (χ3n) is 6.82. The number of piperazine rings is 1. The average molecular weight is 474 g/mol. The first-order valence-corrected chi connectivity index (χ1v) is 11.8. The lowest BCUT2D eigenvalue weighted by Crippen LogP contribution is -2.56. The summed E-state index contributed by atoms with van der Waals surface area (Å²) in [5, 5.41) is 30.5. The minimum atomic E-state index is 0.0452. The highest BCUT2D eigenvalue weighted by atomic mass is 16.5. The van der Waals surface area contributed by atoms with E-state index in [4.69, 9.17) is 10.00 Å². The third kappa shape index (κ3) is 4.38. The molecule has 0 saturated carbocycles. The predicted molar refractivity (Wildman–Crippen MR) is 127 cm³/mol. The number of nitrogens with zero attached hydrogens (tertiary/aromatic N) is 8. The Bertz CT molecular complexity index is 1310. The van der Waals surface area contributed by atoms with Crippen LogP contribution in [0.15, 0.2) is 30.9 Å². The van der Waals surface area contributed by atoms with Gasteiger partial charge in [-0.3, -0.25) is 4.68 Å². The van der Waals surface area contributed by atoms with Gasteiger partial charge in [0.15, 0.2) is 0 Å². The number of fused-ring (bicyclic) bond motifs is 1. The van der Waals surface area contributed by atoms with E-state index in [-0.39, 0.29) is 18.1 Å². The van der Waals surface area contributed by atoms with Gasteiger partial charge in [0.2, 0.25) is 0 Å². The monoisotopic (exact) mass is 473 g/mol. The fourth-order valence-corrected chi connectivity index (χ4v) is 4.93. The van der Waals surface area contributed by atoms with Crippen LogP contribution in [-0.2, 0) is 0 Å². The summed E-state index contributed by atoms with van der Waals surface area (Å²) in [6.07, 6.45) is 9.30. The molecule has 2 aliphatic heterocycles. The van der Waals surface area contributed by atoms with E-state index in [9.17, 15) is 10.1 Å². The molecule has 5 rings (SSSR count). The highest BCUT2D eigenvalue weighted by Crippen LogP contribution is 2.31. The van der Waals surface area contributed by atoms with Crippen molar-refractivity contribution >= 4 is 11.5 Å². The number of hydrogen-bond acceptors (Lipinski definition) is 7. The van der Waals surface area contributed by atoms with Gasteiger partial charge in [0.1, 0.15) is 22.9 Å². The Labute approximate surface area is 203 Å². The zero-order valence-corrected chi connectivity index (χ0v) is 19.6. The lowest BCUT2D eigenvalue weighted by molar-refractivity contribution is 0.119. The number of urea groups is 1. The van der Waals surface area contributed by atoms with Gasteiger partial charge in [-0.15, -0.1) is 0 Å². The Hall–Kier alpha value is -4.09. The number of amides is 2. The minimum Gasteiger partial charge on any atom is -0.494 e. The number of carbonyl (C=O) groups is 1. The van der Waals surface area contributed by atoms with E-state index in [0.29, 0.717) is 49.4 Å². The lowest BCUT2D eigenvalue weighted by Gasteiger charge is -2.39. The van der Waals surface area contributed by atoms with E-state index in [1.807, 2.05) is 39.1 Å². The molecule has 35 heavy (non-hydrogen) atoms. The molecule has 0 aromatic carbocycles. The summed E-state index contributed by atoms with van der Waals surface area (Å²) in [6.45, 7) is 3.32. The van der Waals surface area contributed by atoms with E-state index in [2.05, 4.69) is 27.7 Å². The van der Waals surface area contributed by atoms with Crippen molar-refractivity contribution in [1.82, 2.24) is 34.5 Å². The van der Waals surface area contributed by atoms with Gasteiger partial charge in [0.25, 0.3) is 0 Å². The van der Waals surface area contributed by atoms with Crippen molar-refractivity contribution < 1.29 is 9.53 Å². The normalized spacial score (nSPS) is 18.9. The second-order valence-corrected chi connectivity index (χ2v) is 8.93. The van der Waals surface area contributed by atoms with E-state index in [1.54, 1.807) is 11.6 Å². The molecular weight excluding hydrogens is 446 g/mol. The van der Waals surface area contributed by atoms with Crippen molar-refractivity contribution in [2.75, 3.05) is 39.8 Å². The number of carbonyl (C=O) groups excluding carboxylic acids is 1. The van der Waals surface area contributed by atoms with Crippen LogP contribution in [0.25, 0.3) is 16.6 Å². The molecule has 2 amide bonds. The summed E-state index contributed by atoms with van der Waals surface area (Å²) in [5.74, 6) is 0.584. The number of nitrogens with one attached hydrogen (secondary N) is 1. The zero-order valence-electron chi connectivity index (χ0n) is 19.6. The number of rotatable bonds is 4. The molecule has 0 unspecified atom stereocenters. The Kier molecular flexibility index (Phi) is 6.25. The number of likely N-dealkylation sites (tertiary alicyclic amines) is 1. The Morgan fingerprint density at radius 3 is 2.71 bits per heavy atom. The van der Waals surface area contributed by atoms with Crippen LogP contribution in [-0.4, -0.2) is 81.1 Å². The Balaban J connectivity index is 1.25. The summed E-state index contributed by atoms with van der Waals surface area (Å²) in [7, 11) is 1.58. The van der Waals surface area contributed by atoms with Crippen LogP contribution in [0.1, 0.15) is 30.9 Å². The number of ether oxygens (including phenoxy) is 1. The van der Waals surface area contributed by atoms with Crippen LogP contribution < -0.4 is 10.1 Å². The fraction of sp³-hybridized carbons (Fsp3) is 0.458. The molecule has 2 fully saturated rings. The standard InChI is InChI=1S/C24H27N9O2/c1-35-22-10-17(14-33-23(22)18(11-26)12-29-33)19-13-28-32(15-19)21-3-7-30(8-4-21)24(34)31-9-6-27-20(16-31)2-5-25/h10,12-15,20-21,27H,2-4,6-9,16H2,1H3/t20-/m0/s1. The highest BCUT2D eigenvalue weighted by molar-refractivity contribution is 5.75. The maximum Gasteiger partial charge on any atom is 0.320 e. The first-order valence-electron chi connectivity index (χ1n) is 11.8. The number of nitriles is 2. The predicted octanol–water partition coefficient (Wildman–Crippen LogP) is 2.02. The quantitative estimate of drug-likeness (QED) is 0.614. The first-order chi connectivity index (χ1) is 17.1. The van der Waals surface area contributed by atoms with Crippen LogP contribution in [0.2, 0.25) is 0 Å². The molecule has 3 aromatic rings. The molecule has 0 bridgehead atoms. The molecule has 3 aromatic heterocycles. The maximum atomic E-state index is 13.0. The van der Waals surface area contributed by atoms with Crippen LogP contribution >= 0.6 is 0 Å². The van der Waals surface area contributed by atoms with Gasteiger partial charge in [-0.25, -0.2) is 9.31 Å². The molecule has 0 radical (unpaired) electrons. The molecule has 180 valence electrons. The summed E-state index contributed by atoms with van der Waals surface area (Å²) in [6, 6.07) is 6.54. The Morgan fingerprint density at radius 2 is 1.97 bits per heavy atom. The number of pyridine rings is 1. The van der Waals surface area contributed by atoms with Gasteiger partial charge >= 0.3 is 6.03 Å².